The second-order valence-corrected chi connectivity index (χ2v) is 4.71. The maximum atomic E-state index is 6.00. The Kier molecular flexibility index (Phi) is 2.36. The van der Waals surface area contributed by atoms with Crippen LogP contribution >= 0.6 is 46.1 Å². The smallest absolute Gasteiger partial charge is 0.207 e. The van der Waals surface area contributed by atoms with Gasteiger partial charge in [0, 0.05) is 4.88 Å². The number of nitrogens with zero attached hydrogens (tertiary/aromatic N) is 2. The van der Waals surface area contributed by atoms with E-state index >= 15 is 0 Å². The van der Waals surface area contributed by atoms with Gasteiger partial charge in [-0.15, -0.1) is 11.3 Å². The summed E-state index contributed by atoms with van der Waals surface area (Å²) in [6.45, 7) is 1.90. The number of rotatable bonds is 0. The van der Waals surface area contributed by atoms with Crippen molar-refractivity contribution in [2.24, 2.45) is 0 Å². The number of fused-ring (bicyclic) bond motifs is 1. The van der Waals surface area contributed by atoms with Crippen LogP contribution in [-0.4, -0.2) is 9.97 Å². The van der Waals surface area contributed by atoms with Gasteiger partial charge in [-0.05, 0) is 18.5 Å². The highest BCUT2D eigenvalue weighted by Crippen LogP contribution is 2.37. The summed E-state index contributed by atoms with van der Waals surface area (Å²) < 4.78 is 0. The lowest BCUT2D eigenvalue weighted by atomic mass is 10.4. The first-order valence-electron chi connectivity index (χ1n) is 3.37. The van der Waals surface area contributed by atoms with Gasteiger partial charge >= 0.3 is 0 Å². The first-order valence-corrected chi connectivity index (χ1v) is 5.32. The molecule has 2 heterocycles. The summed E-state index contributed by atoms with van der Waals surface area (Å²) in [6, 6.07) is 0. The van der Waals surface area contributed by atoms with Crippen LogP contribution in [0.4, 0.5) is 0 Å². The van der Waals surface area contributed by atoms with Crippen molar-refractivity contribution in [3.8, 4) is 0 Å². The van der Waals surface area contributed by atoms with Gasteiger partial charge in [-0.2, -0.15) is 0 Å². The van der Waals surface area contributed by atoms with E-state index in [9.17, 15) is 0 Å². The molecule has 0 fully saturated rings. The Bertz CT molecular complexity index is 480. The lowest BCUT2D eigenvalue weighted by Crippen LogP contribution is -1.82. The van der Waals surface area contributed by atoms with Crippen LogP contribution in [0.15, 0.2) is 0 Å². The van der Waals surface area contributed by atoms with Crippen LogP contribution in [0.1, 0.15) is 4.88 Å². The zero-order chi connectivity index (χ0) is 9.59. The molecule has 0 spiro atoms. The van der Waals surface area contributed by atoms with Crippen molar-refractivity contribution in [1.29, 1.82) is 0 Å². The number of hydrogen-bond acceptors (Lipinski definition) is 3. The van der Waals surface area contributed by atoms with Crippen molar-refractivity contribution in [1.82, 2.24) is 9.97 Å². The number of aryl methyl sites for hydroxylation is 1. The van der Waals surface area contributed by atoms with E-state index in [0.29, 0.717) is 15.6 Å². The van der Waals surface area contributed by atoms with E-state index in [0.717, 1.165) is 9.71 Å². The molecule has 2 aromatic heterocycles. The molecule has 0 aromatic carbocycles. The summed E-state index contributed by atoms with van der Waals surface area (Å²) >= 11 is 19.0. The summed E-state index contributed by atoms with van der Waals surface area (Å²) in [4.78, 5) is 9.54. The van der Waals surface area contributed by atoms with E-state index in [1.807, 2.05) is 6.92 Å². The molecule has 0 N–H and O–H groups in total. The van der Waals surface area contributed by atoms with Crippen LogP contribution in [0.3, 0.4) is 0 Å². The topological polar surface area (TPSA) is 25.8 Å². The predicted octanol–water partition coefficient (Wildman–Crippen LogP) is 3.96. The Balaban J connectivity index is 2.94. The zero-order valence-electron chi connectivity index (χ0n) is 6.44. The maximum absolute atomic E-state index is 6.00. The van der Waals surface area contributed by atoms with Crippen LogP contribution in [0.25, 0.3) is 10.2 Å². The predicted molar refractivity (Wildman–Crippen MR) is 57.2 cm³/mol. The average molecular weight is 254 g/mol. The quantitative estimate of drug-likeness (QED) is 0.525. The fraction of sp³-hybridized carbons (Fsp3) is 0.143. The average Bonchev–Trinajstić information content (AvgIpc) is 2.27. The number of aromatic nitrogens is 2. The Hall–Kier alpha value is -0.0900. The third-order valence-electron chi connectivity index (χ3n) is 1.58. The van der Waals surface area contributed by atoms with Gasteiger partial charge in [0.25, 0.3) is 0 Å². The number of halogens is 3. The minimum absolute atomic E-state index is 0.149. The van der Waals surface area contributed by atoms with Crippen LogP contribution in [0, 0.1) is 6.92 Å². The summed E-state index contributed by atoms with van der Waals surface area (Å²) in [5.41, 5.74) is 0. The third kappa shape index (κ3) is 1.50. The highest BCUT2D eigenvalue weighted by molar-refractivity contribution is 7.19. The van der Waals surface area contributed by atoms with Crippen molar-refractivity contribution in [3.63, 3.8) is 0 Å². The molecule has 2 nitrogen and oxygen atoms in total. The highest BCUT2D eigenvalue weighted by atomic mass is 35.5. The van der Waals surface area contributed by atoms with E-state index in [4.69, 9.17) is 34.8 Å². The van der Waals surface area contributed by atoms with Crippen molar-refractivity contribution < 1.29 is 0 Å². The molecule has 0 aliphatic heterocycles. The van der Waals surface area contributed by atoms with Crippen LogP contribution in [0.2, 0.25) is 15.5 Å². The van der Waals surface area contributed by atoms with E-state index < -0.39 is 0 Å². The molecule has 68 valence electrons. The van der Waals surface area contributed by atoms with Crippen molar-refractivity contribution in [2.45, 2.75) is 6.92 Å². The summed E-state index contributed by atoms with van der Waals surface area (Å²) in [6.07, 6.45) is 0. The standard InChI is InChI=1S/C7H3Cl3N2S/c1-2-4(8)3-5(9)11-7(10)12-6(3)13-2/h1H3. The lowest BCUT2D eigenvalue weighted by Gasteiger charge is -1.93. The number of hydrogen-bond donors (Lipinski definition) is 0. The zero-order valence-corrected chi connectivity index (χ0v) is 9.52. The molecule has 0 aliphatic carbocycles. The van der Waals surface area contributed by atoms with Crippen LogP contribution in [-0.2, 0) is 0 Å². The molecule has 0 radical (unpaired) electrons. The molecule has 0 saturated heterocycles. The van der Waals surface area contributed by atoms with E-state index in [2.05, 4.69) is 9.97 Å². The molecule has 6 heteroatoms. The van der Waals surface area contributed by atoms with Crippen LogP contribution in [0.5, 0.6) is 0 Å². The molecular formula is C7H3Cl3N2S. The first kappa shape index (κ1) is 9.46. The van der Waals surface area contributed by atoms with E-state index in [1.54, 1.807) is 0 Å². The Labute approximate surface area is 93.5 Å². The molecule has 0 aliphatic rings. The van der Waals surface area contributed by atoms with E-state index in [-0.39, 0.29) is 5.28 Å². The number of thiophene rings is 1. The van der Waals surface area contributed by atoms with Crippen molar-refractivity contribution in [2.75, 3.05) is 0 Å². The largest absolute Gasteiger partial charge is 0.225 e. The van der Waals surface area contributed by atoms with Gasteiger partial charge in [0.15, 0.2) is 0 Å². The third-order valence-corrected chi connectivity index (χ3v) is 3.61. The second-order valence-electron chi connectivity index (χ2n) is 2.44. The van der Waals surface area contributed by atoms with E-state index in [1.165, 1.54) is 11.3 Å². The molecular weight excluding hydrogens is 251 g/mol. The van der Waals surface area contributed by atoms with Crippen LogP contribution < -0.4 is 0 Å². The van der Waals surface area contributed by atoms with Crippen molar-refractivity contribution >= 4 is 56.4 Å². The lowest BCUT2D eigenvalue weighted by molar-refractivity contribution is 1.23. The molecule has 0 unspecified atom stereocenters. The fourth-order valence-corrected chi connectivity index (χ4v) is 2.91. The molecule has 2 aromatic rings. The Morgan fingerprint density at radius 2 is 1.85 bits per heavy atom. The minimum atomic E-state index is 0.149. The van der Waals surface area contributed by atoms with Crippen molar-refractivity contribution in [3.05, 3.63) is 20.3 Å². The molecule has 0 atom stereocenters. The SMILES string of the molecule is Cc1sc2nc(Cl)nc(Cl)c2c1Cl. The molecule has 0 saturated carbocycles. The van der Waals surface area contributed by atoms with Gasteiger partial charge in [-0.3, -0.25) is 0 Å². The fourth-order valence-electron chi connectivity index (χ4n) is 1.01. The second kappa shape index (κ2) is 3.24. The Morgan fingerprint density at radius 1 is 1.15 bits per heavy atom. The molecule has 2 rings (SSSR count). The maximum Gasteiger partial charge on any atom is 0.225 e. The first-order chi connectivity index (χ1) is 6.09. The summed E-state index contributed by atoms with van der Waals surface area (Å²) in [5.74, 6) is 0. The molecule has 0 bridgehead atoms. The summed E-state index contributed by atoms with van der Waals surface area (Å²) in [5, 5.41) is 1.76. The summed E-state index contributed by atoms with van der Waals surface area (Å²) in [7, 11) is 0. The van der Waals surface area contributed by atoms with Gasteiger partial charge in [0.1, 0.15) is 9.98 Å². The normalized spacial score (nSPS) is 11.1. The van der Waals surface area contributed by atoms with Gasteiger partial charge in [-0.25, -0.2) is 9.97 Å². The monoisotopic (exact) mass is 252 g/mol. The van der Waals surface area contributed by atoms with Gasteiger partial charge in [0.05, 0.1) is 10.4 Å². The van der Waals surface area contributed by atoms with Gasteiger partial charge in [0.2, 0.25) is 5.28 Å². The Morgan fingerprint density at radius 3 is 2.54 bits per heavy atom. The van der Waals surface area contributed by atoms with Gasteiger partial charge < -0.3 is 0 Å². The highest BCUT2D eigenvalue weighted by Gasteiger charge is 2.13. The molecule has 13 heavy (non-hydrogen) atoms. The molecule has 0 amide bonds. The van der Waals surface area contributed by atoms with Gasteiger partial charge in [-0.1, -0.05) is 23.2 Å². The minimum Gasteiger partial charge on any atom is -0.207 e.